The van der Waals surface area contributed by atoms with Crippen molar-refractivity contribution < 1.29 is 4.39 Å². The number of hydrogen-bond donors (Lipinski definition) is 0. The van der Waals surface area contributed by atoms with Crippen molar-refractivity contribution in [3.8, 4) is 0 Å². The average molecular weight is 293 g/mol. The van der Waals surface area contributed by atoms with E-state index in [1.165, 1.54) is 0 Å². The molecule has 7 heteroatoms. The second kappa shape index (κ2) is 6.61. The molecule has 0 amide bonds. The molecule has 1 saturated heterocycles. The maximum absolute atomic E-state index is 12.2. The average Bonchev–Trinajstić information content (AvgIpc) is 2.35. The van der Waals surface area contributed by atoms with E-state index in [1.54, 1.807) is 6.20 Å². The first kappa shape index (κ1) is 13.9. The van der Waals surface area contributed by atoms with Crippen molar-refractivity contribution >= 4 is 23.2 Å². The Labute approximate surface area is 116 Å². The van der Waals surface area contributed by atoms with E-state index >= 15 is 0 Å². The van der Waals surface area contributed by atoms with Crippen molar-refractivity contribution in [3.63, 3.8) is 0 Å². The summed E-state index contributed by atoms with van der Waals surface area (Å²) in [5, 5.41) is 0.567. The highest BCUT2D eigenvalue weighted by atomic mass is 35.5. The summed E-state index contributed by atoms with van der Waals surface area (Å²) in [5.74, 6) is 0. The van der Waals surface area contributed by atoms with E-state index in [-0.39, 0.29) is 12.0 Å². The molecule has 0 saturated carbocycles. The molecule has 0 radical (unpaired) electrons. The molecule has 18 heavy (non-hydrogen) atoms. The third-order valence-corrected chi connectivity index (χ3v) is 3.55. The highest BCUT2D eigenvalue weighted by Gasteiger charge is 2.17. The van der Waals surface area contributed by atoms with Crippen molar-refractivity contribution in [1.82, 2.24) is 19.8 Å². The molecular weight excluding hydrogens is 278 g/mol. The largest absolute Gasteiger partial charge is 0.298 e. The van der Waals surface area contributed by atoms with Gasteiger partial charge in [-0.2, -0.15) is 0 Å². The predicted molar refractivity (Wildman–Crippen MR) is 69.7 cm³/mol. The number of hydrogen-bond acceptors (Lipinski definition) is 4. The fraction of sp³-hybridized carbons (Fsp3) is 0.636. The number of rotatable bonds is 4. The summed E-state index contributed by atoms with van der Waals surface area (Å²) >= 11 is 11.7. The Hall–Kier alpha value is -0.490. The van der Waals surface area contributed by atoms with Gasteiger partial charge in [0, 0.05) is 51.0 Å². The molecule has 0 unspecified atom stereocenters. The zero-order chi connectivity index (χ0) is 13.0. The van der Waals surface area contributed by atoms with Gasteiger partial charge in [0.05, 0.1) is 0 Å². The zero-order valence-electron chi connectivity index (χ0n) is 9.95. The molecule has 1 fully saturated rings. The molecule has 0 bridgehead atoms. The lowest BCUT2D eigenvalue weighted by atomic mass is 10.2. The van der Waals surface area contributed by atoms with E-state index in [0.29, 0.717) is 18.2 Å². The summed E-state index contributed by atoms with van der Waals surface area (Å²) in [4.78, 5) is 12.2. The molecule has 1 aromatic rings. The molecule has 1 aliphatic heterocycles. The molecule has 0 aromatic carbocycles. The third kappa shape index (κ3) is 3.75. The molecular formula is C11H15Cl2FN4. The van der Waals surface area contributed by atoms with Crippen LogP contribution in [-0.2, 0) is 6.54 Å². The number of alkyl halides is 1. The second-order valence-electron chi connectivity index (χ2n) is 4.26. The lowest BCUT2D eigenvalue weighted by Gasteiger charge is -2.34. The first-order chi connectivity index (χ1) is 8.69. The van der Waals surface area contributed by atoms with Crippen molar-refractivity contribution in [2.24, 2.45) is 0 Å². The van der Waals surface area contributed by atoms with Crippen LogP contribution in [0.4, 0.5) is 4.39 Å². The lowest BCUT2D eigenvalue weighted by molar-refractivity contribution is 0.121. The van der Waals surface area contributed by atoms with E-state index in [2.05, 4.69) is 19.8 Å². The van der Waals surface area contributed by atoms with Crippen LogP contribution in [0, 0.1) is 0 Å². The third-order valence-electron chi connectivity index (χ3n) is 3.04. The molecule has 0 spiro atoms. The lowest BCUT2D eigenvalue weighted by Crippen LogP contribution is -2.46. The van der Waals surface area contributed by atoms with Crippen LogP contribution in [0.1, 0.15) is 5.56 Å². The van der Waals surface area contributed by atoms with Crippen LogP contribution >= 0.6 is 23.2 Å². The van der Waals surface area contributed by atoms with E-state index in [0.717, 1.165) is 31.7 Å². The molecule has 1 aromatic heterocycles. The fourth-order valence-corrected chi connectivity index (χ4v) is 2.37. The first-order valence-electron chi connectivity index (χ1n) is 5.86. The van der Waals surface area contributed by atoms with Gasteiger partial charge in [0.2, 0.25) is 5.28 Å². The Balaban J connectivity index is 1.87. The summed E-state index contributed by atoms with van der Waals surface area (Å²) in [6, 6.07) is 0. The molecule has 0 N–H and O–H groups in total. The van der Waals surface area contributed by atoms with Crippen LogP contribution < -0.4 is 0 Å². The maximum Gasteiger partial charge on any atom is 0.223 e. The Morgan fingerprint density at radius 1 is 1.17 bits per heavy atom. The summed E-state index contributed by atoms with van der Waals surface area (Å²) in [6.45, 7) is 4.53. The van der Waals surface area contributed by atoms with Crippen molar-refractivity contribution in [2.75, 3.05) is 39.4 Å². The first-order valence-corrected chi connectivity index (χ1v) is 6.62. The SMILES string of the molecule is FCCN1CCN(Cc2cnc(Cl)nc2Cl)CC1. The van der Waals surface area contributed by atoms with Gasteiger partial charge in [0.25, 0.3) is 0 Å². The van der Waals surface area contributed by atoms with Gasteiger partial charge in [0.1, 0.15) is 11.8 Å². The Bertz CT molecular complexity index is 397. The number of halogens is 3. The van der Waals surface area contributed by atoms with Gasteiger partial charge in [-0.25, -0.2) is 14.4 Å². The molecule has 100 valence electrons. The van der Waals surface area contributed by atoms with Gasteiger partial charge in [-0.3, -0.25) is 9.80 Å². The highest BCUT2D eigenvalue weighted by Crippen LogP contribution is 2.17. The minimum Gasteiger partial charge on any atom is -0.298 e. The summed E-state index contributed by atoms with van der Waals surface area (Å²) in [5.41, 5.74) is 0.875. The zero-order valence-corrected chi connectivity index (χ0v) is 11.5. The van der Waals surface area contributed by atoms with Gasteiger partial charge in [-0.1, -0.05) is 11.6 Å². The van der Waals surface area contributed by atoms with Gasteiger partial charge in [-0.05, 0) is 11.6 Å². The van der Waals surface area contributed by atoms with Crippen molar-refractivity contribution in [1.29, 1.82) is 0 Å². The smallest absolute Gasteiger partial charge is 0.223 e. The maximum atomic E-state index is 12.2. The van der Waals surface area contributed by atoms with E-state index in [1.807, 2.05) is 0 Å². The minimum absolute atomic E-state index is 0.163. The van der Waals surface area contributed by atoms with Crippen molar-refractivity contribution in [3.05, 3.63) is 22.2 Å². The molecule has 4 nitrogen and oxygen atoms in total. The molecule has 2 rings (SSSR count). The van der Waals surface area contributed by atoms with Crippen LogP contribution in [0.3, 0.4) is 0 Å². The molecule has 2 heterocycles. The van der Waals surface area contributed by atoms with Crippen molar-refractivity contribution in [2.45, 2.75) is 6.54 Å². The standard InChI is InChI=1S/C11H15Cl2FN4/c12-10-9(7-15-11(13)16-10)8-18-5-3-17(2-1-14)4-6-18/h7H,1-6,8H2. The normalized spacial score (nSPS) is 18.2. The van der Waals surface area contributed by atoms with Crippen LogP contribution in [0.25, 0.3) is 0 Å². The molecule has 0 atom stereocenters. The van der Waals surface area contributed by atoms with Gasteiger partial charge in [0.15, 0.2) is 0 Å². The van der Waals surface area contributed by atoms with Crippen LogP contribution in [0.5, 0.6) is 0 Å². The monoisotopic (exact) mass is 292 g/mol. The second-order valence-corrected chi connectivity index (χ2v) is 4.96. The van der Waals surface area contributed by atoms with E-state index < -0.39 is 0 Å². The number of aromatic nitrogens is 2. The predicted octanol–water partition coefficient (Wildman–Crippen LogP) is 1.87. The van der Waals surface area contributed by atoms with Crippen LogP contribution in [-0.4, -0.2) is 59.2 Å². The van der Waals surface area contributed by atoms with E-state index in [9.17, 15) is 4.39 Å². The summed E-state index contributed by atoms with van der Waals surface area (Å²) in [7, 11) is 0. The summed E-state index contributed by atoms with van der Waals surface area (Å²) < 4.78 is 12.2. The Morgan fingerprint density at radius 3 is 2.44 bits per heavy atom. The fourth-order valence-electron chi connectivity index (χ4n) is 2.00. The highest BCUT2D eigenvalue weighted by molar-refractivity contribution is 6.32. The molecule has 0 aliphatic carbocycles. The topological polar surface area (TPSA) is 32.3 Å². The number of nitrogens with zero attached hydrogens (tertiary/aromatic N) is 4. The summed E-state index contributed by atoms with van der Waals surface area (Å²) in [6.07, 6.45) is 1.66. The Morgan fingerprint density at radius 2 is 1.83 bits per heavy atom. The van der Waals surface area contributed by atoms with Gasteiger partial charge >= 0.3 is 0 Å². The van der Waals surface area contributed by atoms with Crippen LogP contribution in [0.2, 0.25) is 10.4 Å². The quantitative estimate of drug-likeness (QED) is 0.626. The van der Waals surface area contributed by atoms with Crippen LogP contribution in [0.15, 0.2) is 6.20 Å². The number of piperazine rings is 1. The van der Waals surface area contributed by atoms with E-state index in [4.69, 9.17) is 23.2 Å². The van der Waals surface area contributed by atoms with Gasteiger partial charge < -0.3 is 0 Å². The Kier molecular flexibility index (Phi) is 5.12. The van der Waals surface area contributed by atoms with Gasteiger partial charge in [-0.15, -0.1) is 0 Å². The molecule has 1 aliphatic rings. The minimum atomic E-state index is -0.281.